The molecule has 7 heteroatoms. The minimum atomic E-state index is -0.192. The highest BCUT2D eigenvalue weighted by Crippen LogP contribution is 2.49. The van der Waals surface area contributed by atoms with Gasteiger partial charge in [0.05, 0.1) is 12.1 Å². The van der Waals surface area contributed by atoms with Crippen molar-refractivity contribution in [2.45, 2.75) is 75.3 Å². The normalized spacial score (nSPS) is 26.5. The van der Waals surface area contributed by atoms with Crippen LogP contribution in [0.3, 0.4) is 0 Å². The number of nitrogens with zero attached hydrogens (tertiary/aromatic N) is 4. The van der Waals surface area contributed by atoms with E-state index in [0.29, 0.717) is 31.7 Å². The van der Waals surface area contributed by atoms with Gasteiger partial charge < -0.3 is 14.7 Å². The van der Waals surface area contributed by atoms with Gasteiger partial charge in [0.15, 0.2) is 5.78 Å². The first-order chi connectivity index (χ1) is 17.2. The highest BCUT2D eigenvalue weighted by Gasteiger charge is 2.55. The van der Waals surface area contributed by atoms with Crippen molar-refractivity contribution in [3.05, 3.63) is 35.9 Å². The fraction of sp³-hybridized carbons (Fsp3) is 0.690. The fourth-order valence-corrected chi connectivity index (χ4v) is 6.46. The molecule has 1 aliphatic heterocycles. The van der Waals surface area contributed by atoms with E-state index in [-0.39, 0.29) is 35.3 Å². The number of carbonyl (C=O) groups excluding carboxylic acids is 3. The molecule has 7 nitrogen and oxygen atoms in total. The molecular weight excluding hydrogens is 452 g/mol. The SMILES string of the molecule is CN(C)C(=O)CCCC(=O)CN1CC2(CCC(c3ccccc3)(N(C)C)CC2)N(CC2CCC2)C1=O. The Morgan fingerprint density at radius 2 is 1.64 bits per heavy atom. The summed E-state index contributed by atoms with van der Waals surface area (Å²) in [6, 6.07) is 10.8. The van der Waals surface area contributed by atoms with Gasteiger partial charge >= 0.3 is 6.03 Å². The second kappa shape index (κ2) is 10.9. The Kier molecular flexibility index (Phi) is 8.08. The number of carbonyl (C=O) groups is 3. The Bertz CT molecular complexity index is 933. The zero-order valence-electron chi connectivity index (χ0n) is 22.7. The zero-order chi connectivity index (χ0) is 25.9. The van der Waals surface area contributed by atoms with Gasteiger partial charge in [-0.25, -0.2) is 4.79 Å². The molecule has 3 fully saturated rings. The standard InChI is InChI=1S/C29H44N4O3/c1-30(2)26(35)15-9-14-25(34)21-32-22-28(33(27(32)36)20-23-10-8-11-23)16-18-29(19-17-28,31(3)4)24-12-6-5-7-13-24/h5-7,12-13,23H,8-11,14-22H2,1-4H3. The molecule has 1 spiro atoms. The maximum Gasteiger partial charge on any atom is 0.321 e. The van der Waals surface area contributed by atoms with Crippen LogP contribution in [0.4, 0.5) is 4.79 Å². The van der Waals surface area contributed by atoms with Gasteiger partial charge in [0, 0.05) is 45.6 Å². The van der Waals surface area contributed by atoms with E-state index in [1.54, 1.807) is 23.9 Å². The van der Waals surface area contributed by atoms with E-state index in [1.807, 2.05) is 0 Å². The summed E-state index contributed by atoms with van der Waals surface area (Å²) in [6.07, 6.45) is 8.78. The minimum Gasteiger partial charge on any atom is -0.349 e. The van der Waals surface area contributed by atoms with Crippen molar-refractivity contribution >= 4 is 17.7 Å². The van der Waals surface area contributed by atoms with Crippen LogP contribution in [-0.2, 0) is 15.1 Å². The molecule has 4 rings (SSSR count). The molecule has 2 saturated carbocycles. The third-order valence-corrected chi connectivity index (χ3v) is 9.11. The third kappa shape index (κ3) is 5.31. The highest BCUT2D eigenvalue weighted by atomic mass is 16.2. The van der Waals surface area contributed by atoms with Gasteiger partial charge in [0.25, 0.3) is 0 Å². The lowest BCUT2D eigenvalue weighted by molar-refractivity contribution is -0.128. The summed E-state index contributed by atoms with van der Waals surface area (Å²) in [7, 11) is 7.80. The molecule has 0 aromatic heterocycles. The monoisotopic (exact) mass is 496 g/mol. The summed E-state index contributed by atoms with van der Waals surface area (Å²) < 4.78 is 0. The Morgan fingerprint density at radius 3 is 2.19 bits per heavy atom. The van der Waals surface area contributed by atoms with Crippen molar-refractivity contribution in [2.75, 3.05) is 47.8 Å². The molecule has 3 aliphatic rings. The van der Waals surface area contributed by atoms with Crippen molar-refractivity contribution in [3.8, 4) is 0 Å². The van der Waals surface area contributed by atoms with Gasteiger partial charge in [-0.1, -0.05) is 36.8 Å². The van der Waals surface area contributed by atoms with Gasteiger partial charge in [-0.15, -0.1) is 0 Å². The van der Waals surface area contributed by atoms with Crippen LogP contribution < -0.4 is 0 Å². The second-order valence-electron chi connectivity index (χ2n) is 11.7. The average Bonchev–Trinajstić information content (AvgIpc) is 3.07. The number of benzene rings is 1. The quantitative estimate of drug-likeness (QED) is 0.489. The maximum atomic E-state index is 13.7. The van der Waals surface area contributed by atoms with E-state index >= 15 is 0 Å². The van der Waals surface area contributed by atoms with Gasteiger partial charge in [-0.2, -0.15) is 0 Å². The molecule has 0 atom stereocenters. The first kappa shape index (κ1) is 26.6. The maximum absolute atomic E-state index is 13.7. The van der Waals surface area contributed by atoms with E-state index in [9.17, 15) is 14.4 Å². The molecule has 36 heavy (non-hydrogen) atoms. The molecule has 1 saturated heterocycles. The lowest BCUT2D eigenvalue weighted by atomic mass is 9.68. The summed E-state index contributed by atoms with van der Waals surface area (Å²) >= 11 is 0. The molecule has 0 bridgehead atoms. The molecule has 2 aliphatic carbocycles. The Morgan fingerprint density at radius 1 is 0.972 bits per heavy atom. The number of urea groups is 1. The number of ketones is 1. The van der Waals surface area contributed by atoms with Crippen LogP contribution in [0.5, 0.6) is 0 Å². The Balaban J connectivity index is 1.46. The summed E-state index contributed by atoms with van der Waals surface area (Å²) in [5.41, 5.74) is 1.13. The molecule has 0 unspecified atom stereocenters. The molecular formula is C29H44N4O3. The van der Waals surface area contributed by atoms with Crippen LogP contribution in [0.1, 0.15) is 69.8 Å². The lowest BCUT2D eigenvalue weighted by Gasteiger charge is -2.51. The first-order valence-corrected chi connectivity index (χ1v) is 13.7. The lowest BCUT2D eigenvalue weighted by Crippen LogP contribution is -2.56. The van der Waals surface area contributed by atoms with E-state index in [0.717, 1.165) is 32.2 Å². The van der Waals surface area contributed by atoms with Crippen LogP contribution in [0.15, 0.2) is 30.3 Å². The van der Waals surface area contributed by atoms with Crippen LogP contribution in [0, 0.1) is 5.92 Å². The first-order valence-electron chi connectivity index (χ1n) is 13.7. The number of hydrogen-bond donors (Lipinski definition) is 0. The summed E-state index contributed by atoms with van der Waals surface area (Å²) in [4.78, 5) is 46.2. The average molecular weight is 497 g/mol. The second-order valence-corrected chi connectivity index (χ2v) is 11.7. The van der Waals surface area contributed by atoms with Crippen molar-refractivity contribution in [1.29, 1.82) is 0 Å². The smallest absolute Gasteiger partial charge is 0.321 e. The van der Waals surface area contributed by atoms with Crippen molar-refractivity contribution in [2.24, 2.45) is 5.92 Å². The van der Waals surface area contributed by atoms with Crippen molar-refractivity contribution in [3.63, 3.8) is 0 Å². The number of rotatable bonds is 10. The predicted molar refractivity (Wildman–Crippen MR) is 142 cm³/mol. The zero-order valence-corrected chi connectivity index (χ0v) is 22.7. The summed E-state index contributed by atoms with van der Waals surface area (Å²) in [5.74, 6) is 0.683. The highest BCUT2D eigenvalue weighted by molar-refractivity contribution is 5.87. The Labute approximate surface area is 216 Å². The predicted octanol–water partition coefficient (Wildman–Crippen LogP) is 4.12. The third-order valence-electron chi connectivity index (χ3n) is 9.11. The van der Waals surface area contributed by atoms with Crippen LogP contribution in [-0.4, -0.2) is 90.7 Å². The fourth-order valence-electron chi connectivity index (χ4n) is 6.46. The molecule has 3 amide bonds. The molecule has 0 radical (unpaired) electrons. The van der Waals surface area contributed by atoms with Gasteiger partial charge in [-0.3, -0.25) is 14.5 Å². The minimum absolute atomic E-state index is 0.0279. The van der Waals surface area contributed by atoms with Crippen LogP contribution in [0.25, 0.3) is 0 Å². The van der Waals surface area contributed by atoms with Gasteiger partial charge in [0.1, 0.15) is 0 Å². The number of Topliss-reactive ketones (excluding diaryl/α,β-unsaturated/α-hetero) is 1. The molecule has 0 N–H and O–H groups in total. The largest absolute Gasteiger partial charge is 0.349 e. The van der Waals surface area contributed by atoms with Crippen LogP contribution >= 0.6 is 0 Å². The number of amides is 3. The van der Waals surface area contributed by atoms with E-state index in [1.165, 1.54) is 24.8 Å². The van der Waals surface area contributed by atoms with Crippen molar-refractivity contribution in [1.82, 2.24) is 19.6 Å². The topological polar surface area (TPSA) is 64.2 Å². The van der Waals surface area contributed by atoms with Crippen molar-refractivity contribution < 1.29 is 14.4 Å². The molecule has 1 heterocycles. The molecule has 1 aromatic carbocycles. The van der Waals surface area contributed by atoms with E-state index < -0.39 is 0 Å². The molecule has 1 aromatic rings. The Hall–Kier alpha value is -2.41. The van der Waals surface area contributed by atoms with E-state index in [2.05, 4.69) is 54.2 Å². The van der Waals surface area contributed by atoms with E-state index in [4.69, 9.17) is 0 Å². The van der Waals surface area contributed by atoms with Gasteiger partial charge in [0.2, 0.25) is 5.91 Å². The van der Waals surface area contributed by atoms with Crippen LogP contribution in [0.2, 0.25) is 0 Å². The number of hydrogen-bond acceptors (Lipinski definition) is 4. The van der Waals surface area contributed by atoms with Gasteiger partial charge in [-0.05, 0) is 70.5 Å². The molecule has 198 valence electrons. The summed E-state index contributed by atoms with van der Waals surface area (Å²) in [5, 5.41) is 0. The summed E-state index contributed by atoms with van der Waals surface area (Å²) in [6.45, 7) is 1.62.